The molecule has 0 aliphatic carbocycles. The van der Waals surface area contributed by atoms with Gasteiger partial charge in [0.2, 0.25) is 10.0 Å². The lowest BCUT2D eigenvalue weighted by Crippen LogP contribution is -2.25. The summed E-state index contributed by atoms with van der Waals surface area (Å²) in [6.45, 7) is 0.209. The van der Waals surface area contributed by atoms with Crippen LogP contribution in [0, 0.1) is 0 Å². The molecule has 1 atom stereocenters. The molecule has 1 aliphatic heterocycles. The molecule has 0 bridgehead atoms. The first-order chi connectivity index (χ1) is 9.20. The minimum Gasteiger partial charge on any atom is -0.397 e. The van der Waals surface area contributed by atoms with Crippen LogP contribution in [0.25, 0.3) is 0 Å². The number of sulfonamides is 1. The van der Waals surface area contributed by atoms with E-state index in [2.05, 4.69) is 5.32 Å². The molecule has 112 valence electrons. The van der Waals surface area contributed by atoms with Crippen molar-refractivity contribution in [2.75, 3.05) is 23.3 Å². The maximum Gasteiger partial charge on any atom is 0.238 e. The number of benzene rings is 1. The zero-order valence-electron chi connectivity index (χ0n) is 10.7. The first-order valence-electron chi connectivity index (χ1n) is 6.08. The smallest absolute Gasteiger partial charge is 0.238 e. The summed E-state index contributed by atoms with van der Waals surface area (Å²) in [5, 5.41) is 7.49. The summed E-state index contributed by atoms with van der Waals surface area (Å²) in [7, 11) is -6.87. The van der Waals surface area contributed by atoms with Gasteiger partial charge in [-0.15, -0.1) is 0 Å². The van der Waals surface area contributed by atoms with Gasteiger partial charge in [0.05, 0.1) is 27.3 Å². The Bertz CT molecular complexity index is 713. The zero-order chi connectivity index (χ0) is 15.0. The molecule has 1 saturated heterocycles. The van der Waals surface area contributed by atoms with Crippen molar-refractivity contribution in [3.8, 4) is 0 Å². The molecule has 0 aromatic heterocycles. The molecule has 0 radical (unpaired) electrons. The highest BCUT2D eigenvalue weighted by Crippen LogP contribution is 2.25. The van der Waals surface area contributed by atoms with Crippen LogP contribution < -0.4 is 16.2 Å². The van der Waals surface area contributed by atoms with Crippen molar-refractivity contribution in [2.24, 2.45) is 5.14 Å². The number of nitrogens with two attached hydrogens (primary N) is 2. The van der Waals surface area contributed by atoms with E-state index in [1.165, 1.54) is 18.2 Å². The van der Waals surface area contributed by atoms with Crippen LogP contribution in [-0.2, 0) is 19.9 Å². The quantitative estimate of drug-likeness (QED) is 0.664. The fourth-order valence-corrected chi connectivity index (χ4v) is 4.48. The SMILES string of the molecule is Nc1ccc(S(N)(=O)=O)cc1NCC1CCCS1(=O)=O. The number of anilines is 2. The molecule has 1 fully saturated rings. The maximum absolute atomic E-state index is 11.7. The number of sulfone groups is 1. The number of primary sulfonamides is 1. The van der Waals surface area contributed by atoms with Crippen molar-refractivity contribution >= 4 is 31.2 Å². The van der Waals surface area contributed by atoms with Gasteiger partial charge in [0.1, 0.15) is 0 Å². The van der Waals surface area contributed by atoms with Gasteiger partial charge in [0.25, 0.3) is 0 Å². The Morgan fingerprint density at radius 3 is 2.60 bits per heavy atom. The fraction of sp³-hybridized carbons (Fsp3) is 0.455. The highest BCUT2D eigenvalue weighted by atomic mass is 32.2. The fourth-order valence-electron chi connectivity index (χ4n) is 2.18. The van der Waals surface area contributed by atoms with Crippen molar-refractivity contribution in [3.63, 3.8) is 0 Å². The van der Waals surface area contributed by atoms with E-state index in [9.17, 15) is 16.8 Å². The minimum atomic E-state index is -3.82. The number of nitrogen functional groups attached to an aromatic ring is 1. The van der Waals surface area contributed by atoms with Gasteiger partial charge < -0.3 is 11.1 Å². The van der Waals surface area contributed by atoms with Gasteiger partial charge in [-0.25, -0.2) is 22.0 Å². The van der Waals surface area contributed by atoms with Gasteiger partial charge in [0, 0.05) is 6.54 Å². The zero-order valence-corrected chi connectivity index (χ0v) is 12.4. The van der Waals surface area contributed by atoms with Crippen molar-refractivity contribution in [1.82, 2.24) is 0 Å². The number of hydrogen-bond donors (Lipinski definition) is 3. The highest BCUT2D eigenvalue weighted by Gasteiger charge is 2.30. The Hall–Kier alpha value is -1.32. The van der Waals surface area contributed by atoms with Gasteiger partial charge in [-0.05, 0) is 31.0 Å². The van der Waals surface area contributed by atoms with Gasteiger partial charge in [-0.1, -0.05) is 0 Å². The summed E-state index contributed by atoms with van der Waals surface area (Å²) in [6, 6.07) is 4.04. The summed E-state index contributed by atoms with van der Waals surface area (Å²) < 4.78 is 46.0. The predicted molar refractivity (Wildman–Crippen MR) is 77.5 cm³/mol. The Balaban J connectivity index is 2.18. The Kier molecular flexibility index (Phi) is 3.94. The molecular weight excluding hydrogens is 302 g/mol. The van der Waals surface area contributed by atoms with Gasteiger partial charge in [-0.2, -0.15) is 0 Å². The molecule has 0 saturated carbocycles. The van der Waals surface area contributed by atoms with Crippen LogP contribution in [0.15, 0.2) is 23.1 Å². The molecule has 1 aromatic rings. The average Bonchev–Trinajstić information content (AvgIpc) is 2.66. The summed E-state index contributed by atoms with van der Waals surface area (Å²) >= 11 is 0. The molecule has 7 nitrogen and oxygen atoms in total. The third kappa shape index (κ3) is 3.22. The predicted octanol–water partition coefficient (Wildman–Crippen LogP) is -0.0947. The number of nitrogens with one attached hydrogen (secondary N) is 1. The normalized spacial score (nSPS) is 21.8. The van der Waals surface area contributed by atoms with Crippen LogP contribution in [0.4, 0.5) is 11.4 Å². The van der Waals surface area contributed by atoms with Crippen molar-refractivity contribution in [3.05, 3.63) is 18.2 Å². The maximum atomic E-state index is 11.7. The van der Waals surface area contributed by atoms with Crippen molar-refractivity contribution in [2.45, 2.75) is 23.0 Å². The molecular formula is C11H17N3O4S2. The topological polar surface area (TPSA) is 132 Å². The molecule has 0 amide bonds. The Morgan fingerprint density at radius 2 is 2.05 bits per heavy atom. The monoisotopic (exact) mass is 319 g/mol. The molecule has 9 heteroatoms. The molecule has 2 rings (SSSR count). The second-order valence-electron chi connectivity index (χ2n) is 4.81. The van der Waals surface area contributed by atoms with E-state index in [-0.39, 0.29) is 17.2 Å². The Morgan fingerprint density at radius 1 is 1.35 bits per heavy atom. The second kappa shape index (κ2) is 5.23. The van der Waals surface area contributed by atoms with E-state index in [1.807, 2.05) is 0 Å². The first-order valence-corrected chi connectivity index (χ1v) is 9.34. The van der Waals surface area contributed by atoms with Crippen LogP contribution in [0.1, 0.15) is 12.8 Å². The third-order valence-electron chi connectivity index (χ3n) is 3.34. The summed E-state index contributed by atoms with van der Waals surface area (Å²) in [6.07, 6.45) is 1.26. The number of rotatable bonds is 4. The van der Waals surface area contributed by atoms with E-state index < -0.39 is 25.1 Å². The first kappa shape index (κ1) is 15.1. The summed E-state index contributed by atoms with van der Waals surface area (Å²) in [5.74, 6) is 0.200. The van der Waals surface area contributed by atoms with Crippen LogP contribution >= 0.6 is 0 Å². The lowest BCUT2D eigenvalue weighted by atomic mass is 10.2. The van der Waals surface area contributed by atoms with Gasteiger partial charge in [-0.3, -0.25) is 0 Å². The van der Waals surface area contributed by atoms with E-state index in [0.29, 0.717) is 24.2 Å². The molecule has 5 N–H and O–H groups in total. The van der Waals surface area contributed by atoms with Gasteiger partial charge >= 0.3 is 0 Å². The molecule has 0 spiro atoms. The number of hydrogen-bond acceptors (Lipinski definition) is 6. The highest BCUT2D eigenvalue weighted by molar-refractivity contribution is 7.92. The van der Waals surface area contributed by atoms with Crippen LogP contribution in [-0.4, -0.2) is 34.4 Å². The van der Waals surface area contributed by atoms with Crippen LogP contribution in [0.3, 0.4) is 0 Å². The Labute approximate surface area is 118 Å². The largest absolute Gasteiger partial charge is 0.397 e. The van der Waals surface area contributed by atoms with Crippen LogP contribution in [0.5, 0.6) is 0 Å². The molecule has 1 aliphatic rings. The molecule has 1 heterocycles. The summed E-state index contributed by atoms with van der Waals surface area (Å²) in [4.78, 5) is -0.0662. The average molecular weight is 319 g/mol. The van der Waals surface area contributed by atoms with E-state index >= 15 is 0 Å². The third-order valence-corrected chi connectivity index (χ3v) is 6.52. The lowest BCUT2D eigenvalue weighted by molar-refractivity contribution is 0.590. The lowest BCUT2D eigenvalue weighted by Gasteiger charge is -2.14. The van der Waals surface area contributed by atoms with Crippen molar-refractivity contribution in [1.29, 1.82) is 0 Å². The molecule has 20 heavy (non-hydrogen) atoms. The standard InChI is InChI=1S/C11H17N3O4S2/c12-10-4-3-8(20(13,17)18)6-11(10)14-7-9-2-1-5-19(9,15)16/h3-4,6,9,14H,1-2,5,7,12H2,(H2,13,17,18). The van der Waals surface area contributed by atoms with E-state index in [0.717, 1.165) is 0 Å². The minimum absolute atomic E-state index is 0.0662. The van der Waals surface area contributed by atoms with Crippen LogP contribution in [0.2, 0.25) is 0 Å². The molecule has 1 aromatic carbocycles. The summed E-state index contributed by atoms with van der Waals surface area (Å²) in [5.41, 5.74) is 6.45. The molecule has 1 unspecified atom stereocenters. The second-order valence-corrected chi connectivity index (χ2v) is 8.77. The van der Waals surface area contributed by atoms with E-state index in [4.69, 9.17) is 10.9 Å². The van der Waals surface area contributed by atoms with Gasteiger partial charge in [0.15, 0.2) is 9.84 Å². The van der Waals surface area contributed by atoms with Crippen molar-refractivity contribution < 1.29 is 16.8 Å². The van der Waals surface area contributed by atoms with E-state index in [1.54, 1.807) is 0 Å².